The van der Waals surface area contributed by atoms with Crippen molar-refractivity contribution in [1.82, 2.24) is 0 Å². The first kappa shape index (κ1) is 15.4. The second-order valence-corrected chi connectivity index (χ2v) is 11.8. The van der Waals surface area contributed by atoms with Crippen LogP contribution >= 0.6 is 0 Å². The molecule has 54 heavy (non-hydrogen) atoms. The highest BCUT2D eigenvalue weighted by Crippen LogP contribution is 2.46. The summed E-state index contributed by atoms with van der Waals surface area (Å²) in [6.07, 6.45) is 0. The van der Waals surface area contributed by atoms with E-state index in [9.17, 15) is 11.0 Å². The largest absolute Gasteiger partial charge is 0.455 e. The molecule has 1 heterocycles. The van der Waals surface area contributed by atoms with Crippen LogP contribution in [0.4, 0.5) is 17.1 Å². The van der Waals surface area contributed by atoms with E-state index in [4.69, 9.17) is 26.3 Å². The van der Waals surface area contributed by atoms with Gasteiger partial charge in [0.25, 0.3) is 0 Å². The molecule has 0 aliphatic heterocycles. The Morgan fingerprint density at radius 3 is 1.69 bits per heavy atom. The summed E-state index contributed by atoms with van der Waals surface area (Å²) in [5, 5.41) is -0.463. The van der Waals surface area contributed by atoms with E-state index >= 15 is 0 Å². The van der Waals surface area contributed by atoms with Gasteiger partial charge in [-0.05, 0) is 92.1 Å². The second-order valence-electron chi connectivity index (χ2n) is 11.8. The van der Waals surface area contributed by atoms with Gasteiger partial charge < -0.3 is 9.32 Å². The lowest BCUT2D eigenvalue weighted by atomic mass is 9.97. The Morgan fingerprint density at radius 1 is 0.389 bits per heavy atom. The molecule has 0 spiro atoms. The summed E-state index contributed by atoms with van der Waals surface area (Å²) < 4.78 is 222. The van der Waals surface area contributed by atoms with Crippen molar-refractivity contribution in [2.45, 2.75) is 0 Å². The number of hydrogen-bond donors (Lipinski definition) is 0. The van der Waals surface area contributed by atoms with E-state index in [0.29, 0.717) is 22.1 Å². The van der Waals surface area contributed by atoms with Crippen LogP contribution in [0.1, 0.15) is 32.9 Å². The lowest BCUT2D eigenvalue weighted by Crippen LogP contribution is -2.10. The van der Waals surface area contributed by atoms with Crippen LogP contribution in [0, 0.1) is 0 Å². The zero-order valence-electron chi connectivity index (χ0n) is 51.7. The summed E-state index contributed by atoms with van der Waals surface area (Å²) in [6, 6.07) is -2.68. The second kappa shape index (κ2) is 13.4. The molecule has 2 heteroatoms. The third kappa shape index (κ3) is 5.62. The van der Waals surface area contributed by atoms with Crippen LogP contribution in [0.2, 0.25) is 0 Å². The van der Waals surface area contributed by atoms with Crippen LogP contribution in [0.5, 0.6) is 0 Å². The molecule has 2 nitrogen and oxygen atoms in total. The molecule has 0 fully saturated rings. The molecule has 1 aromatic heterocycles. The van der Waals surface area contributed by atoms with E-state index in [0.717, 1.165) is 4.90 Å². The van der Waals surface area contributed by atoms with Gasteiger partial charge in [0.05, 0.1) is 44.0 Å². The van der Waals surface area contributed by atoms with Crippen molar-refractivity contribution in [2.24, 2.45) is 0 Å². The fraction of sp³-hybridized carbons (Fsp3) is 0. The molecule has 0 saturated heterocycles. The van der Waals surface area contributed by atoms with Crippen molar-refractivity contribution in [2.75, 3.05) is 4.90 Å². The third-order valence-electron chi connectivity index (χ3n) is 8.69. The first-order valence-corrected chi connectivity index (χ1v) is 16.5. The predicted molar refractivity (Wildman–Crippen MR) is 228 cm³/mol. The Kier molecular flexibility index (Phi) is 3.84. The van der Waals surface area contributed by atoms with E-state index < -0.39 is 201 Å². The number of benzene rings is 9. The number of para-hydroxylation sites is 1. The third-order valence-corrected chi connectivity index (χ3v) is 8.69. The number of furan rings is 1. The van der Waals surface area contributed by atoms with E-state index in [1.807, 2.05) is 0 Å². The molecule has 10 aromatic rings. The molecule has 0 unspecified atom stereocenters. The average molecular weight is 714 g/mol. The van der Waals surface area contributed by atoms with Crippen LogP contribution in [0.3, 0.4) is 0 Å². The summed E-state index contributed by atoms with van der Waals surface area (Å²) in [5.41, 5.74) is -4.18. The van der Waals surface area contributed by atoms with Gasteiger partial charge in [-0.25, -0.2) is 0 Å². The van der Waals surface area contributed by atoms with Crippen molar-refractivity contribution in [1.29, 1.82) is 0 Å². The molecule has 0 aliphatic carbocycles. The Morgan fingerprint density at radius 2 is 0.963 bits per heavy atom. The summed E-state index contributed by atoms with van der Waals surface area (Å²) in [7, 11) is 0. The zero-order chi connectivity index (χ0) is 56.7. The van der Waals surface area contributed by atoms with E-state index in [1.54, 1.807) is 60.7 Å². The van der Waals surface area contributed by atoms with Crippen LogP contribution in [-0.4, -0.2) is 0 Å². The van der Waals surface area contributed by atoms with Gasteiger partial charge in [0.2, 0.25) is 0 Å². The average Bonchev–Trinajstić information content (AvgIpc) is 3.86. The van der Waals surface area contributed by atoms with Crippen molar-refractivity contribution < 1.29 is 37.3 Å². The number of fused-ring (bicyclic) bond motifs is 4. The number of hydrogen-bond acceptors (Lipinski definition) is 2. The maximum Gasteiger partial charge on any atom is 0.145 e. The van der Waals surface area contributed by atoms with Crippen molar-refractivity contribution >= 4 is 49.8 Å². The monoisotopic (exact) mass is 713 g/mol. The minimum Gasteiger partial charge on any atom is -0.455 e. The van der Waals surface area contributed by atoms with Gasteiger partial charge in [-0.3, -0.25) is 0 Å². The van der Waals surface area contributed by atoms with Gasteiger partial charge in [0.15, 0.2) is 0 Å². The molecule has 0 saturated carbocycles. The topological polar surface area (TPSA) is 16.4 Å². The number of rotatable bonds is 7. The first-order chi connectivity index (χ1) is 36.8. The minimum atomic E-state index is -0.994. The van der Waals surface area contributed by atoms with Gasteiger partial charge in [-0.1, -0.05) is 169 Å². The highest BCUT2D eigenvalue weighted by atomic mass is 16.3. The van der Waals surface area contributed by atoms with Gasteiger partial charge >= 0.3 is 0 Å². The molecule has 10 rings (SSSR count). The fourth-order valence-electron chi connectivity index (χ4n) is 6.22. The quantitative estimate of drug-likeness (QED) is 0.163. The summed E-state index contributed by atoms with van der Waals surface area (Å²) in [5.74, 6) is 0. The fourth-order valence-corrected chi connectivity index (χ4v) is 6.22. The van der Waals surface area contributed by atoms with E-state index in [1.165, 1.54) is 6.07 Å². The lowest BCUT2D eigenvalue weighted by molar-refractivity contribution is 0.670. The first-order valence-electron chi connectivity index (χ1n) is 28.5. The smallest absolute Gasteiger partial charge is 0.145 e. The van der Waals surface area contributed by atoms with Crippen molar-refractivity contribution in [3.05, 3.63) is 212 Å². The van der Waals surface area contributed by atoms with Crippen LogP contribution in [0.25, 0.3) is 77.2 Å². The summed E-state index contributed by atoms with van der Waals surface area (Å²) >= 11 is 0. The number of nitrogens with zero attached hydrogens (tertiary/aromatic N) is 1. The lowest BCUT2D eigenvalue weighted by Gasteiger charge is -2.27. The van der Waals surface area contributed by atoms with Gasteiger partial charge in [0.1, 0.15) is 11.2 Å². The maximum absolute atomic E-state index is 9.78. The van der Waals surface area contributed by atoms with Crippen molar-refractivity contribution in [3.63, 3.8) is 0 Å². The van der Waals surface area contributed by atoms with Crippen LogP contribution in [-0.2, 0) is 0 Å². The van der Waals surface area contributed by atoms with Gasteiger partial charge in [-0.15, -0.1) is 0 Å². The molecule has 0 amide bonds. The Balaban J connectivity index is 1.33. The minimum absolute atomic E-state index is 0.100. The maximum atomic E-state index is 9.78. The molecule has 0 atom stereocenters. The Bertz CT molecular complexity index is 4200. The normalized spacial score (nSPS) is 17.6. The standard InChI is InChI=1S/C52H35NO/c1-3-12-36(13-4-1)37-22-24-38(25-23-37)39-26-30-43(31-27-39)53(44-32-28-42(29-33-44)46-20-11-17-40-16-7-8-18-45(40)46)49-35-34-47(41-14-5-2-6-15-41)52-51(49)48-19-9-10-21-50(48)54-52/h1-35H/i1D,3D,4D,7D,8D,11D,12D,13D,16D,17D,18D,20D,22D,23D,24D,25D,26D,27D,28D,29D,30D,31D,32D,33D. The summed E-state index contributed by atoms with van der Waals surface area (Å²) in [6.45, 7) is 0. The highest BCUT2D eigenvalue weighted by molar-refractivity contribution is 6.17. The molecule has 9 aromatic carbocycles. The Hall–Kier alpha value is -7.16. The Labute approximate surface area is 348 Å². The zero-order valence-corrected chi connectivity index (χ0v) is 27.7. The van der Waals surface area contributed by atoms with Crippen molar-refractivity contribution in [3.8, 4) is 44.5 Å². The SMILES string of the molecule is [2H]c1c([2H])c([2H])c(-c2c([2H])c([2H])c(-c3c([2H])c([2H])c(N(c4c([2H])c([2H])c(-c5c([2H])c([2H])c([2H])c6c([2H])c([2H])c([2H])c([2H])c56)c([2H])c4[2H])c4ccc(-c5ccccc5)c5oc6ccccc6c45)c([2H])c3[2H])c([2H])c2[2H])c([2H])c1[2H]. The van der Waals surface area contributed by atoms with E-state index in [-0.39, 0.29) is 16.7 Å². The van der Waals surface area contributed by atoms with Crippen LogP contribution in [0.15, 0.2) is 216 Å². The molecule has 0 radical (unpaired) electrons. The molecule has 254 valence electrons. The van der Waals surface area contributed by atoms with Gasteiger partial charge in [-0.2, -0.15) is 0 Å². The molecule has 0 aliphatic rings. The van der Waals surface area contributed by atoms with E-state index in [2.05, 4.69) is 0 Å². The predicted octanol–water partition coefficient (Wildman–Crippen LogP) is 14.9. The van der Waals surface area contributed by atoms with Gasteiger partial charge in [0, 0.05) is 22.3 Å². The molecule has 0 N–H and O–H groups in total. The molecular weight excluding hydrogens is 655 g/mol. The molecule has 0 bridgehead atoms. The highest BCUT2D eigenvalue weighted by Gasteiger charge is 2.22. The van der Waals surface area contributed by atoms with Crippen LogP contribution < -0.4 is 4.90 Å². The number of anilines is 3. The molecular formula is C52H35NO. The summed E-state index contributed by atoms with van der Waals surface area (Å²) in [4.78, 5) is 0.944.